The van der Waals surface area contributed by atoms with Gasteiger partial charge in [-0.2, -0.15) is 4.52 Å². The van der Waals surface area contributed by atoms with E-state index in [2.05, 4.69) is 20.4 Å². The summed E-state index contributed by atoms with van der Waals surface area (Å²) < 4.78 is 7.18. The molecule has 7 nitrogen and oxygen atoms in total. The van der Waals surface area contributed by atoms with E-state index in [4.69, 9.17) is 4.74 Å². The number of thiophene rings is 1. The van der Waals surface area contributed by atoms with Crippen molar-refractivity contribution in [1.29, 1.82) is 0 Å². The lowest BCUT2D eigenvalue weighted by Gasteiger charge is -2.07. The van der Waals surface area contributed by atoms with Crippen LogP contribution in [0.2, 0.25) is 0 Å². The highest BCUT2D eigenvalue weighted by Crippen LogP contribution is 2.38. The van der Waals surface area contributed by atoms with E-state index in [1.807, 2.05) is 20.8 Å². The topological polar surface area (TPSA) is 81.4 Å². The van der Waals surface area contributed by atoms with Crippen LogP contribution in [0, 0.1) is 6.92 Å². The SMILES string of the molecule is Cc1nc2sc3c(c2c2nc(C(=O)NCCCOC(C)C)nn12)CCC3. The highest BCUT2D eigenvalue weighted by molar-refractivity contribution is 7.19. The molecule has 1 aliphatic carbocycles. The standard InChI is InChI=1S/C18H23N5O2S/c1-10(2)25-9-5-8-19-17(24)15-21-16-14-12-6-4-7-13(12)26-18(14)20-11(3)23(16)22-15/h10H,4-9H2,1-3H3,(H,19,24). The number of aromatic nitrogens is 4. The quantitative estimate of drug-likeness (QED) is 0.672. The predicted molar refractivity (Wildman–Crippen MR) is 101 cm³/mol. The van der Waals surface area contributed by atoms with Gasteiger partial charge in [0.2, 0.25) is 5.82 Å². The third-order valence-electron chi connectivity index (χ3n) is 4.56. The average Bonchev–Trinajstić information content (AvgIpc) is 3.27. The molecule has 26 heavy (non-hydrogen) atoms. The molecule has 0 aliphatic heterocycles. The number of carbonyl (C=O) groups is 1. The smallest absolute Gasteiger partial charge is 0.290 e. The summed E-state index contributed by atoms with van der Waals surface area (Å²) in [7, 11) is 0. The lowest BCUT2D eigenvalue weighted by molar-refractivity contribution is 0.0756. The molecule has 3 aromatic heterocycles. The van der Waals surface area contributed by atoms with Crippen molar-refractivity contribution in [1.82, 2.24) is 24.9 Å². The monoisotopic (exact) mass is 373 g/mol. The van der Waals surface area contributed by atoms with E-state index in [0.29, 0.717) is 13.2 Å². The van der Waals surface area contributed by atoms with E-state index >= 15 is 0 Å². The molecule has 0 bridgehead atoms. The number of ether oxygens (including phenoxy) is 1. The summed E-state index contributed by atoms with van der Waals surface area (Å²) in [5.41, 5.74) is 2.09. The lowest BCUT2D eigenvalue weighted by Crippen LogP contribution is -2.26. The van der Waals surface area contributed by atoms with Crippen molar-refractivity contribution in [3.63, 3.8) is 0 Å². The summed E-state index contributed by atoms with van der Waals surface area (Å²) in [6.45, 7) is 7.06. The Morgan fingerprint density at radius 2 is 2.19 bits per heavy atom. The summed E-state index contributed by atoms with van der Waals surface area (Å²) in [6.07, 6.45) is 4.31. The van der Waals surface area contributed by atoms with E-state index in [1.54, 1.807) is 15.9 Å². The van der Waals surface area contributed by atoms with Crippen molar-refractivity contribution in [2.75, 3.05) is 13.2 Å². The number of nitrogens with zero attached hydrogens (tertiary/aromatic N) is 4. The average molecular weight is 373 g/mol. The Morgan fingerprint density at radius 1 is 1.35 bits per heavy atom. The molecule has 0 saturated carbocycles. The van der Waals surface area contributed by atoms with Crippen LogP contribution in [0.15, 0.2) is 0 Å². The van der Waals surface area contributed by atoms with Gasteiger partial charge in [0.1, 0.15) is 10.7 Å². The minimum atomic E-state index is -0.252. The van der Waals surface area contributed by atoms with E-state index in [9.17, 15) is 4.79 Å². The third-order valence-corrected chi connectivity index (χ3v) is 5.75. The molecule has 0 unspecified atom stereocenters. The molecular weight excluding hydrogens is 350 g/mol. The fourth-order valence-corrected chi connectivity index (χ4v) is 4.66. The first-order valence-electron chi connectivity index (χ1n) is 9.12. The van der Waals surface area contributed by atoms with E-state index in [1.165, 1.54) is 16.9 Å². The zero-order valence-electron chi connectivity index (χ0n) is 15.3. The highest BCUT2D eigenvalue weighted by Gasteiger charge is 2.24. The molecule has 0 spiro atoms. The molecule has 1 N–H and O–H groups in total. The van der Waals surface area contributed by atoms with Crippen molar-refractivity contribution in [3.05, 3.63) is 22.1 Å². The molecule has 138 valence electrons. The molecule has 0 aromatic carbocycles. The first-order chi connectivity index (χ1) is 12.5. The van der Waals surface area contributed by atoms with Gasteiger partial charge in [-0.15, -0.1) is 16.4 Å². The molecule has 3 aromatic rings. The van der Waals surface area contributed by atoms with Crippen molar-refractivity contribution in [3.8, 4) is 0 Å². The van der Waals surface area contributed by atoms with Gasteiger partial charge >= 0.3 is 0 Å². The van der Waals surface area contributed by atoms with Crippen LogP contribution >= 0.6 is 11.3 Å². The Labute approximate surface area is 155 Å². The first kappa shape index (κ1) is 17.4. The largest absolute Gasteiger partial charge is 0.379 e. The molecule has 1 amide bonds. The minimum absolute atomic E-state index is 0.199. The summed E-state index contributed by atoms with van der Waals surface area (Å²) in [5, 5.41) is 8.35. The number of fused-ring (bicyclic) bond motifs is 5. The van der Waals surface area contributed by atoms with Gasteiger partial charge in [-0.1, -0.05) is 0 Å². The zero-order chi connectivity index (χ0) is 18.3. The number of aryl methyl sites for hydroxylation is 3. The van der Waals surface area contributed by atoms with Gasteiger partial charge < -0.3 is 10.1 Å². The molecule has 8 heteroatoms. The fourth-order valence-electron chi connectivity index (χ4n) is 3.36. The van der Waals surface area contributed by atoms with Gasteiger partial charge in [0.15, 0.2) is 5.65 Å². The number of carbonyl (C=O) groups excluding carboxylic acids is 1. The van der Waals surface area contributed by atoms with E-state index in [-0.39, 0.29) is 17.8 Å². The van der Waals surface area contributed by atoms with Crippen LogP contribution in [0.3, 0.4) is 0 Å². The van der Waals surface area contributed by atoms with Crippen molar-refractivity contribution < 1.29 is 9.53 Å². The van der Waals surface area contributed by atoms with Crippen molar-refractivity contribution in [2.45, 2.75) is 52.6 Å². The summed E-state index contributed by atoms with van der Waals surface area (Å²) in [4.78, 5) is 24.1. The van der Waals surface area contributed by atoms with Gasteiger partial charge in [-0.05, 0) is 52.0 Å². The molecule has 1 aliphatic rings. The summed E-state index contributed by atoms with van der Waals surface area (Å²) >= 11 is 1.75. The van der Waals surface area contributed by atoms with Gasteiger partial charge in [0.25, 0.3) is 5.91 Å². The van der Waals surface area contributed by atoms with Gasteiger partial charge in [0, 0.05) is 18.0 Å². The molecule has 3 heterocycles. The second-order valence-corrected chi connectivity index (χ2v) is 7.98. The maximum atomic E-state index is 12.4. The number of rotatable bonds is 6. The fraction of sp³-hybridized carbons (Fsp3) is 0.556. The summed E-state index contributed by atoms with van der Waals surface area (Å²) in [5.74, 6) is 0.701. The van der Waals surface area contributed by atoms with Crippen LogP contribution in [-0.4, -0.2) is 44.7 Å². The van der Waals surface area contributed by atoms with Crippen LogP contribution in [0.25, 0.3) is 15.9 Å². The van der Waals surface area contributed by atoms with E-state index in [0.717, 1.165) is 41.0 Å². The molecule has 0 atom stereocenters. The zero-order valence-corrected chi connectivity index (χ0v) is 16.2. The number of amides is 1. The van der Waals surface area contributed by atoms with Crippen molar-refractivity contribution in [2.24, 2.45) is 0 Å². The van der Waals surface area contributed by atoms with Gasteiger partial charge in [0.05, 0.1) is 11.5 Å². The van der Waals surface area contributed by atoms with Gasteiger partial charge in [-0.25, -0.2) is 9.97 Å². The Balaban J connectivity index is 1.58. The second-order valence-electron chi connectivity index (χ2n) is 6.90. The number of hydrogen-bond donors (Lipinski definition) is 1. The van der Waals surface area contributed by atoms with Crippen molar-refractivity contribution >= 4 is 33.1 Å². The third kappa shape index (κ3) is 3.07. The Kier molecular flexibility index (Phi) is 4.62. The van der Waals surface area contributed by atoms with Crippen LogP contribution < -0.4 is 5.32 Å². The predicted octanol–water partition coefficient (Wildman–Crippen LogP) is 2.68. The van der Waals surface area contributed by atoms with Gasteiger partial charge in [-0.3, -0.25) is 4.79 Å². The molecular formula is C18H23N5O2S. The minimum Gasteiger partial charge on any atom is -0.379 e. The first-order valence-corrected chi connectivity index (χ1v) is 9.93. The van der Waals surface area contributed by atoms with Crippen LogP contribution in [0.4, 0.5) is 0 Å². The van der Waals surface area contributed by atoms with Crippen LogP contribution in [0.5, 0.6) is 0 Å². The highest BCUT2D eigenvalue weighted by atomic mass is 32.1. The normalized spacial score (nSPS) is 13.8. The maximum absolute atomic E-state index is 12.4. The Morgan fingerprint density at radius 3 is 3.00 bits per heavy atom. The van der Waals surface area contributed by atoms with E-state index < -0.39 is 0 Å². The number of hydrogen-bond acceptors (Lipinski definition) is 6. The van der Waals surface area contributed by atoms with Crippen LogP contribution in [-0.2, 0) is 17.6 Å². The lowest BCUT2D eigenvalue weighted by atomic mass is 10.2. The Bertz CT molecular complexity index is 975. The molecule has 0 fully saturated rings. The second kappa shape index (κ2) is 6.92. The van der Waals surface area contributed by atoms with Crippen LogP contribution in [0.1, 0.15) is 53.6 Å². The number of nitrogens with one attached hydrogen (secondary N) is 1. The Hall–Kier alpha value is -2.06. The molecule has 0 radical (unpaired) electrons. The maximum Gasteiger partial charge on any atom is 0.290 e. The summed E-state index contributed by atoms with van der Waals surface area (Å²) in [6, 6.07) is 0. The molecule has 0 saturated heterocycles. The molecule has 4 rings (SSSR count).